The van der Waals surface area contributed by atoms with Crippen LogP contribution in [0.4, 0.5) is 5.69 Å². The molecule has 0 spiro atoms. The van der Waals surface area contributed by atoms with Crippen molar-refractivity contribution in [1.82, 2.24) is 4.57 Å². The van der Waals surface area contributed by atoms with E-state index in [1.165, 1.54) is 10.6 Å². The minimum Gasteiger partial charge on any atom is -0.462 e. The van der Waals surface area contributed by atoms with Gasteiger partial charge in [0.15, 0.2) is 0 Å². The molecule has 0 saturated carbocycles. The third-order valence-corrected chi connectivity index (χ3v) is 3.49. The summed E-state index contributed by atoms with van der Waals surface area (Å²) >= 11 is 0. The molecule has 1 aromatic carbocycles. The predicted octanol–water partition coefficient (Wildman–Crippen LogP) is 2.59. The van der Waals surface area contributed by atoms with E-state index in [0.29, 0.717) is 12.3 Å². The first-order chi connectivity index (χ1) is 11.5. The van der Waals surface area contributed by atoms with E-state index in [-0.39, 0.29) is 11.1 Å². The molecule has 0 fully saturated rings. The Morgan fingerprint density at radius 3 is 2.58 bits per heavy atom. The van der Waals surface area contributed by atoms with Crippen LogP contribution in [0, 0.1) is 0 Å². The molecule has 0 radical (unpaired) electrons. The largest absolute Gasteiger partial charge is 0.462 e. The fraction of sp³-hybridized carbons (Fsp3) is 0.278. The molecule has 1 amide bonds. The molecule has 1 heterocycles. The van der Waals surface area contributed by atoms with E-state index in [1.807, 2.05) is 6.92 Å². The van der Waals surface area contributed by atoms with Crippen LogP contribution in [0.2, 0.25) is 0 Å². The molecule has 6 nitrogen and oxygen atoms in total. The Morgan fingerprint density at radius 1 is 1.12 bits per heavy atom. The Morgan fingerprint density at radius 2 is 1.83 bits per heavy atom. The highest BCUT2D eigenvalue weighted by Crippen LogP contribution is 2.17. The summed E-state index contributed by atoms with van der Waals surface area (Å²) in [7, 11) is 1.57. The number of carbonyl (C=O) groups excluding carboxylic acids is 2. The van der Waals surface area contributed by atoms with Gasteiger partial charge in [-0.05, 0) is 30.7 Å². The van der Waals surface area contributed by atoms with E-state index in [4.69, 9.17) is 4.74 Å². The topological polar surface area (TPSA) is 77.4 Å². The molecule has 6 heteroatoms. The predicted molar refractivity (Wildman–Crippen MR) is 91.3 cm³/mol. The second kappa shape index (κ2) is 8.10. The zero-order valence-corrected chi connectivity index (χ0v) is 13.7. The van der Waals surface area contributed by atoms with Crippen LogP contribution in [0.3, 0.4) is 0 Å². The summed E-state index contributed by atoms with van der Waals surface area (Å²) in [6.45, 7) is 2.33. The van der Waals surface area contributed by atoms with Crippen molar-refractivity contribution in [2.45, 2.75) is 19.8 Å². The number of pyridine rings is 1. The van der Waals surface area contributed by atoms with Gasteiger partial charge >= 0.3 is 5.97 Å². The maximum absolute atomic E-state index is 12.3. The number of hydrogen-bond acceptors (Lipinski definition) is 4. The number of para-hydroxylation sites is 1. The SMILES string of the molecule is CCCCOC(=O)c1ccccc1NC(=O)c1cccn(C)c1=O. The summed E-state index contributed by atoms with van der Waals surface area (Å²) in [4.78, 5) is 36.5. The van der Waals surface area contributed by atoms with Gasteiger partial charge in [-0.25, -0.2) is 4.79 Å². The number of anilines is 1. The number of aryl methyl sites for hydroxylation is 1. The van der Waals surface area contributed by atoms with Crippen molar-refractivity contribution in [2.75, 3.05) is 11.9 Å². The molecule has 1 aromatic heterocycles. The van der Waals surface area contributed by atoms with Crippen LogP contribution < -0.4 is 10.9 Å². The quantitative estimate of drug-likeness (QED) is 0.653. The van der Waals surface area contributed by atoms with Crippen molar-refractivity contribution in [3.8, 4) is 0 Å². The van der Waals surface area contributed by atoms with Gasteiger partial charge in [0.25, 0.3) is 11.5 Å². The van der Waals surface area contributed by atoms with Crippen LogP contribution in [0.25, 0.3) is 0 Å². The van der Waals surface area contributed by atoms with Gasteiger partial charge in [-0.15, -0.1) is 0 Å². The zero-order chi connectivity index (χ0) is 17.5. The van der Waals surface area contributed by atoms with E-state index < -0.39 is 17.4 Å². The summed E-state index contributed by atoms with van der Waals surface area (Å²) in [6, 6.07) is 9.62. The molecular weight excluding hydrogens is 308 g/mol. The fourth-order valence-electron chi connectivity index (χ4n) is 2.12. The minimum absolute atomic E-state index is 0.00848. The third kappa shape index (κ3) is 4.10. The number of ether oxygens (including phenoxy) is 1. The van der Waals surface area contributed by atoms with Gasteiger partial charge in [-0.3, -0.25) is 9.59 Å². The number of nitrogens with zero attached hydrogens (tertiary/aromatic N) is 1. The summed E-state index contributed by atoms with van der Waals surface area (Å²) in [6.07, 6.45) is 3.27. The van der Waals surface area contributed by atoms with Crippen LogP contribution in [-0.2, 0) is 11.8 Å². The smallest absolute Gasteiger partial charge is 0.340 e. The summed E-state index contributed by atoms with van der Waals surface area (Å²) in [5, 5.41) is 2.61. The number of rotatable bonds is 6. The number of amides is 1. The molecule has 0 aliphatic rings. The summed E-state index contributed by atoms with van der Waals surface area (Å²) in [5.74, 6) is -1.06. The molecule has 0 bridgehead atoms. The number of esters is 1. The first-order valence-corrected chi connectivity index (χ1v) is 7.77. The van der Waals surface area contributed by atoms with Crippen LogP contribution in [-0.4, -0.2) is 23.1 Å². The lowest BCUT2D eigenvalue weighted by atomic mass is 10.1. The standard InChI is InChI=1S/C18H20N2O4/c1-3-4-12-24-18(23)13-8-5-6-10-15(13)19-16(21)14-9-7-11-20(2)17(14)22/h5-11H,3-4,12H2,1-2H3,(H,19,21). The van der Waals surface area contributed by atoms with Gasteiger partial charge in [0, 0.05) is 13.2 Å². The second-order valence-corrected chi connectivity index (χ2v) is 5.33. The highest BCUT2D eigenvalue weighted by atomic mass is 16.5. The number of nitrogens with one attached hydrogen (secondary N) is 1. The van der Waals surface area contributed by atoms with Crippen molar-refractivity contribution < 1.29 is 14.3 Å². The van der Waals surface area contributed by atoms with Gasteiger partial charge in [-0.1, -0.05) is 25.5 Å². The average Bonchev–Trinajstić information content (AvgIpc) is 2.58. The van der Waals surface area contributed by atoms with Crippen LogP contribution in [0.15, 0.2) is 47.4 Å². The van der Waals surface area contributed by atoms with Gasteiger partial charge in [0.05, 0.1) is 17.9 Å². The number of hydrogen-bond donors (Lipinski definition) is 1. The molecule has 2 aromatic rings. The normalized spacial score (nSPS) is 10.2. The van der Waals surface area contributed by atoms with Crippen LogP contribution in [0.1, 0.15) is 40.5 Å². The number of carbonyl (C=O) groups is 2. The summed E-state index contributed by atoms with van der Waals surface area (Å²) < 4.78 is 6.50. The van der Waals surface area contributed by atoms with Gasteiger partial charge < -0.3 is 14.6 Å². The number of benzene rings is 1. The summed E-state index contributed by atoms with van der Waals surface area (Å²) in [5.41, 5.74) is 0.178. The molecule has 0 atom stereocenters. The maximum Gasteiger partial charge on any atom is 0.340 e. The number of aromatic nitrogens is 1. The van der Waals surface area contributed by atoms with E-state index in [2.05, 4.69) is 5.32 Å². The van der Waals surface area contributed by atoms with Gasteiger partial charge in [-0.2, -0.15) is 0 Å². The van der Waals surface area contributed by atoms with Crippen molar-refractivity contribution in [3.05, 3.63) is 64.1 Å². The molecule has 1 N–H and O–H groups in total. The van der Waals surface area contributed by atoms with Crippen molar-refractivity contribution in [2.24, 2.45) is 7.05 Å². The first kappa shape index (κ1) is 17.5. The lowest BCUT2D eigenvalue weighted by Crippen LogP contribution is -2.27. The fourth-order valence-corrected chi connectivity index (χ4v) is 2.12. The highest BCUT2D eigenvalue weighted by molar-refractivity contribution is 6.07. The van der Waals surface area contributed by atoms with Crippen molar-refractivity contribution in [1.29, 1.82) is 0 Å². The Balaban J connectivity index is 2.21. The monoisotopic (exact) mass is 328 g/mol. The highest BCUT2D eigenvalue weighted by Gasteiger charge is 2.17. The van der Waals surface area contributed by atoms with Crippen molar-refractivity contribution in [3.63, 3.8) is 0 Å². The Bertz CT molecular complexity index is 796. The molecule has 0 aliphatic heterocycles. The van der Waals surface area contributed by atoms with Crippen LogP contribution in [0.5, 0.6) is 0 Å². The molecule has 126 valence electrons. The van der Waals surface area contributed by atoms with Crippen LogP contribution >= 0.6 is 0 Å². The Kier molecular flexibility index (Phi) is 5.89. The molecule has 0 saturated heterocycles. The van der Waals surface area contributed by atoms with E-state index >= 15 is 0 Å². The Hall–Kier alpha value is -2.89. The minimum atomic E-state index is -0.565. The molecule has 0 unspecified atom stereocenters. The van der Waals surface area contributed by atoms with E-state index in [1.54, 1.807) is 43.6 Å². The van der Waals surface area contributed by atoms with Gasteiger partial charge in [0.2, 0.25) is 0 Å². The van der Waals surface area contributed by atoms with E-state index in [9.17, 15) is 14.4 Å². The third-order valence-electron chi connectivity index (χ3n) is 3.49. The molecular formula is C18H20N2O4. The maximum atomic E-state index is 12.3. The second-order valence-electron chi connectivity index (χ2n) is 5.33. The Labute approximate surface area is 140 Å². The zero-order valence-electron chi connectivity index (χ0n) is 13.7. The average molecular weight is 328 g/mol. The van der Waals surface area contributed by atoms with Crippen molar-refractivity contribution >= 4 is 17.6 Å². The molecule has 0 aliphatic carbocycles. The lowest BCUT2D eigenvalue weighted by molar-refractivity contribution is 0.0501. The lowest BCUT2D eigenvalue weighted by Gasteiger charge is -2.11. The molecule has 2 rings (SSSR count). The van der Waals surface area contributed by atoms with E-state index in [0.717, 1.165) is 12.8 Å². The first-order valence-electron chi connectivity index (χ1n) is 7.77. The number of unbranched alkanes of at least 4 members (excludes halogenated alkanes) is 1. The van der Waals surface area contributed by atoms with Gasteiger partial charge in [0.1, 0.15) is 5.56 Å². The molecule has 24 heavy (non-hydrogen) atoms.